The topological polar surface area (TPSA) is 17.1 Å². The maximum absolute atomic E-state index is 12.3. The zero-order chi connectivity index (χ0) is 11.4. The summed E-state index contributed by atoms with van der Waals surface area (Å²) in [5.74, 6) is 3.29. The minimum atomic E-state index is 0.194. The number of thioether (sulfide) groups is 2. The van der Waals surface area contributed by atoms with Crippen LogP contribution in [-0.2, 0) is 0 Å². The Bertz CT molecular complexity index is 409. The number of carbonyl (C=O) groups is 1. The summed E-state index contributed by atoms with van der Waals surface area (Å²) in [6.07, 6.45) is 0. The van der Waals surface area contributed by atoms with Crippen LogP contribution >= 0.6 is 23.5 Å². The molecule has 0 saturated heterocycles. The van der Waals surface area contributed by atoms with E-state index in [0.29, 0.717) is 0 Å². The lowest BCUT2D eigenvalue weighted by atomic mass is 10.0. The first-order valence-corrected chi connectivity index (χ1v) is 7.43. The molecule has 0 aromatic heterocycles. The Morgan fingerprint density at radius 1 is 1.19 bits per heavy atom. The van der Waals surface area contributed by atoms with E-state index in [1.54, 1.807) is 0 Å². The quantitative estimate of drug-likeness (QED) is 0.746. The first-order chi connectivity index (χ1) is 7.79. The number of hydrogen-bond acceptors (Lipinski definition) is 3. The molecule has 2 rings (SSSR count). The van der Waals surface area contributed by atoms with Crippen LogP contribution in [0.15, 0.2) is 40.8 Å². The Hall–Kier alpha value is -0.670. The summed E-state index contributed by atoms with van der Waals surface area (Å²) in [5.41, 5.74) is 1.79. The molecule has 0 N–H and O–H groups in total. The molecule has 84 valence electrons. The van der Waals surface area contributed by atoms with Gasteiger partial charge in [0.1, 0.15) is 0 Å². The average Bonchev–Trinajstić information content (AvgIpc) is 2.54. The van der Waals surface area contributed by atoms with Crippen molar-refractivity contribution in [3.63, 3.8) is 0 Å². The van der Waals surface area contributed by atoms with Gasteiger partial charge in [-0.3, -0.25) is 4.79 Å². The molecule has 0 unspecified atom stereocenters. The molecule has 0 fully saturated rings. The van der Waals surface area contributed by atoms with Crippen LogP contribution in [-0.4, -0.2) is 23.0 Å². The molecule has 1 aromatic rings. The van der Waals surface area contributed by atoms with Crippen molar-refractivity contribution in [2.45, 2.75) is 6.92 Å². The molecule has 1 heterocycles. The predicted molar refractivity (Wildman–Crippen MR) is 73.3 cm³/mol. The van der Waals surface area contributed by atoms with Crippen LogP contribution in [0.5, 0.6) is 0 Å². The van der Waals surface area contributed by atoms with Crippen molar-refractivity contribution < 1.29 is 4.79 Å². The summed E-state index contributed by atoms with van der Waals surface area (Å²) in [6, 6.07) is 9.56. The molecule has 3 heteroatoms. The van der Waals surface area contributed by atoms with Crippen LogP contribution in [0.3, 0.4) is 0 Å². The highest BCUT2D eigenvalue weighted by atomic mass is 32.2. The van der Waals surface area contributed by atoms with Gasteiger partial charge in [0.2, 0.25) is 0 Å². The normalized spacial score (nSPS) is 17.1. The lowest BCUT2D eigenvalue weighted by Crippen LogP contribution is -2.06. The molecule has 0 saturated carbocycles. The smallest absolute Gasteiger partial charge is 0.190 e. The van der Waals surface area contributed by atoms with E-state index in [-0.39, 0.29) is 5.78 Å². The van der Waals surface area contributed by atoms with Gasteiger partial charge in [0.15, 0.2) is 5.78 Å². The first kappa shape index (κ1) is 11.8. The van der Waals surface area contributed by atoms with E-state index in [1.807, 2.05) is 53.9 Å². The van der Waals surface area contributed by atoms with E-state index >= 15 is 0 Å². The van der Waals surface area contributed by atoms with Gasteiger partial charge in [-0.25, -0.2) is 0 Å². The maximum Gasteiger partial charge on any atom is 0.190 e. The third-order valence-corrected chi connectivity index (χ3v) is 4.86. The van der Waals surface area contributed by atoms with Gasteiger partial charge >= 0.3 is 0 Å². The SMILES string of the molecule is CC1=C(C(=O)c2ccccc2)CSCCS1. The van der Waals surface area contributed by atoms with Crippen molar-refractivity contribution in [1.29, 1.82) is 0 Å². The zero-order valence-corrected chi connectivity index (χ0v) is 10.9. The van der Waals surface area contributed by atoms with Crippen molar-refractivity contribution >= 4 is 29.3 Å². The number of rotatable bonds is 2. The van der Waals surface area contributed by atoms with Crippen molar-refractivity contribution in [1.82, 2.24) is 0 Å². The van der Waals surface area contributed by atoms with E-state index in [0.717, 1.165) is 28.4 Å². The minimum Gasteiger partial charge on any atom is -0.289 e. The Kier molecular flexibility index (Phi) is 4.13. The van der Waals surface area contributed by atoms with Crippen LogP contribution in [0.2, 0.25) is 0 Å². The van der Waals surface area contributed by atoms with Crippen LogP contribution in [0, 0.1) is 0 Å². The third-order valence-electron chi connectivity index (χ3n) is 2.53. The largest absolute Gasteiger partial charge is 0.289 e. The van der Waals surface area contributed by atoms with Gasteiger partial charge in [-0.05, 0) is 11.8 Å². The molecular formula is C13H14OS2. The summed E-state index contributed by atoms with van der Waals surface area (Å²) in [7, 11) is 0. The van der Waals surface area contributed by atoms with Crippen LogP contribution < -0.4 is 0 Å². The first-order valence-electron chi connectivity index (χ1n) is 5.29. The van der Waals surface area contributed by atoms with Gasteiger partial charge < -0.3 is 0 Å². The highest BCUT2D eigenvalue weighted by molar-refractivity contribution is 8.05. The second-order valence-corrected chi connectivity index (χ2v) is 6.05. The molecule has 1 nitrogen and oxygen atoms in total. The zero-order valence-electron chi connectivity index (χ0n) is 9.23. The number of hydrogen-bond donors (Lipinski definition) is 0. The number of carbonyl (C=O) groups excluding carboxylic acids is 1. The summed E-state index contributed by atoms with van der Waals surface area (Å²) in [6.45, 7) is 2.06. The fraction of sp³-hybridized carbons (Fsp3) is 0.308. The van der Waals surface area contributed by atoms with Gasteiger partial charge in [-0.2, -0.15) is 11.8 Å². The lowest BCUT2D eigenvalue weighted by Gasteiger charge is -2.07. The molecule has 0 radical (unpaired) electrons. The van der Waals surface area contributed by atoms with Crippen LogP contribution in [0.4, 0.5) is 0 Å². The molecule has 1 aliphatic rings. The Morgan fingerprint density at radius 3 is 2.69 bits per heavy atom. The summed E-state index contributed by atoms with van der Waals surface area (Å²) in [5, 5.41) is 0. The van der Waals surface area contributed by atoms with Gasteiger partial charge in [0, 0.05) is 28.4 Å². The van der Waals surface area contributed by atoms with Crippen molar-refractivity contribution in [2.24, 2.45) is 0 Å². The van der Waals surface area contributed by atoms with Crippen molar-refractivity contribution in [2.75, 3.05) is 17.3 Å². The van der Waals surface area contributed by atoms with E-state index in [9.17, 15) is 4.79 Å². The Balaban J connectivity index is 2.27. The molecule has 0 atom stereocenters. The maximum atomic E-state index is 12.3. The standard InChI is InChI=1S/C13H14OS2/c1-10-12(9-15-7-8-16-10)13(14)11-5-3-2-4-6-11/h2-6H,7-9H2,1H3. The van der Waals surface area contributed by atoms with Crippen LogP contribution in [0.1, 0.15) is 17.3 Å². The van der Waals surface area contributed by atoms with Gasteiger partial charge in [-0.15, -0.1) is 11.8 Å². The summed E-state index contributed by atoms with van der Waals surface area (Å²) in [4.78, 5) is 13.5. The van der Waals surface area contributed by atoms with E-state index in [4.69, 9.17) is 0 Å². The number of allylic oxidation sites excluding steroid dienone is 1. The van der Waals surface area contributed by atoms with Gasteiger partial charge in [0.25, 0.3) is 0 Å². The molecule has 1 aliphatic heterocycles. The van der Waals surface area contributed by atoms with Crippen LogP contribution in [0.25, 0.3) is 0 Å². The highest BCUT2D eigenvalue weighted by Crippen LogP contribution is 2.29. The number of benzene rings is 1. The number of Topliss-reactive ketones (excluding diaryl/α,β-unsaturated/α-hetero) is 1. The molecule has 1 aromatic carbocycles. The van der Waals surface area contributed by atoms with E-state index < -0.39 is 0 Å². The Labute approximate surface area is 105 Å². The molecule has 0 bridgehead atoms. The summed E-state index contributed by atoms with van der Waals surface area (Å²) >= 11 is 3.66. The predicted octanol–water partition coefficient (Wildman–Crippen LogP) is 3.62. The monoisotopic (exact) mass is 250 g/mol. The Morgan fingerprint density at radius 2 is 1.94 bits per heavy atom. The lowest BCUT2D eigenvalue weighted by molar-refractivity contribution is 0.103. The second-order valence-electron chi connectivity index (χ2n) is 3.63. The number of ketones is 1. The fourth-order valence-corrected chi connectivity index (χ4v) is 3.84. The molecule has 0 amide bonds. The third kappa shape index (κ3) is 2.71. The van der Waals surface area contributed by atoms with Crippen molar-refractivity contribution in [3.05, 3.63) is 46.4 Å². The fourth-order valence-electron chi connectivity index (χ4n) is 1.61. The highest BCUT2D eigenvalue weighted by Gasteiger charge is 2.17. The summed E-state index contributed by atoms with van der Waals surface area (Å²) < 4.78 is 0. The van der Waals surface area contributed by atoms with E-state index in [1.165, 1.54) is 4.91 Å². The second kappa shape index (κ2) is 5.60. The molecule has 0 spiro atoms. The molecule has 16 heavy (non-hydrogen) atoms. The van der Waals surface area contributed by atoms with Gasteiger partial charge in [0.05, 0.1) is 0 Å². The average molecular weight is 250 g/mol. The molecular weight excluding hydrogens is 236 g/mol. The minimum absolute atomic E-state index is 0.194. The van der Waals surface area contributed by atoms with E-state index in [2.05, 4.69) is 6.92 Å². The van der Waals surface area contributed by atoms with Gasteiger partial charge in [-0.1, -0.05) is 30.3 Å². The molecule has 0 aliphatic carbocycles. The van der Waals surface area contributed by atoms with Crippen molar-refractivity contribution in [3.8, 4) is 0 Å².